The van der Waals surface area contributed by atoms with Crippen molar-refractivity contribution < 1.29 is 4.79 Å². The van der Waals surface area contributed by atoms with Crippen molar-refractivity contribution in [2.24, 2.45) is 18.7 Å². The van der Waals surface area contributed by atoms with Crippen molar-refractivity contribution in [3.05, 3.63) is 47.3 Å². The summed E-state index contributed by atoms with van der Waals surface area (Å²) in [6, 6.07) is 10.3. The van der Waals surface area contributed by atoms with Gasteiger partial charge >= 0.3 is 0 Å². The number of likely N-dealkylation sites (tertiary alicyclic amines) is 1. The standard InChI is InChI=1S/C16H21N5O.ClH/c1-11-15(18-19-20(11)2)16(22)21-9-13(8-17)14(10-21)12-6-4-3-5-7-12;/h3-7,13-14H,8-10,17H2,1-2H3;1H/t13-,14+;/m1./s1. The second-order valence-electron chi connectivity index (χ2n) is 5.87. The first kappa shape index (κ1) is 17.4. The van der Waals surface area contributed by atoms with E-state index in [1.165, 1.54) is 5.56 Å². The Morgan fingerprint density at radius 2 is 2.00 bits per heavy atom. The number of hydrogen-bond acceptors (Lipinski definition) is 4. The van der Waals surface area contributed by atoms with E-state index in [1.807, 2.05) is 30.0 Å². The normalized spacial score (nSPS) is 20.4. The number of rotatable bonds is 3. The Balaban J connectivity index is 0.00000192. The van der Waals surface area contributed by atoms with Crippen LogP contribution in [0.3, 0.4) is 0 Å². The number of carbonyl (C=O) groups excluding carboxylic acids is 1. The number of nitrogens with two attached hydrogens (primary N) is 1. The van der Waals surface area contributed by atoms with Gasteiger partial charge in [0.05, 0.1) is 5.69 Å². The molecule has 1 aliphatic rings. The van der Waals surface area contributed by atoms with E-state index >= 15 is 0 Å². The molecule has 1 aliphatic heterocycles. The van der Waals surface area contributed by atoms with Crippen molar-refractivity contribution in [3.8, 4) is 0 Å². The minimum atomic E-state index is -0.0533. The van der Waals surface area contributed by atoms with Crippen LogP contribution in [0.5, 0.6) is 0 Å². The van der Waals surface area contributed by atoms with Crippen molar-refractivity contribution in [1.29, 1.82) is 0 Å². The topological polar surface area (TPSA) is 77.0 Å². The zero-order chi connectivity index (χ0) is 15.7. The summed E-state index contributed by atoms with van der Waals surface area (Å²) in [5.41, 5.74) is 8.39. The first-order chi connectivity index (χ1) is 10.6. The molecule has 2 heterocycles. The summed E-state index contributed by atoms with van der Waals surface area (Å²) in [6.45, 7) is 3.78. The molecule has 0 spiro atoms. The van der Waals surface area contributed by atoms with E-state index in [2.05, 4.69) is 22.4 Å². The van der Waals surface area contributed by atoms with Gasteiger partial charge in [-0.05, 0) is 24.9 Å². The summed E-state index contributed by atoms with van der Waals surface area (Å²) in [5, 5.41) is 7.92. The lowest BCUT2D eigenvalue weighted by Crippen LogP contribution is -2.30. The number of aryl methyl sites for hydroxylation is 1. The molecule has 2 atom stereocenters. The van der Waals surface area contributed by atoms with Gasteiger partial charge < -0.3 is 10.6 Å². The average molecular weight is 336 g/mol. The third-order valence-corrected chi connectivity index (χ3v) is 4.57. The summed E-state index contributed by atoms with van der Waals surface area (Å²) < 4.78 is 1.62. The van der Waals surface area contributed by atoms with Crippen molar-refractivity contribution >= 4 is 18.3 Å². The van der Waals surface area contributed by atoms with E-state index in [-0.39, 0.29) is 30.2 Å². The van der Waals surface area contributed by atoms with Gasteiger partial charge in [-0.3, -0.25) is 9.48 Å². The minimum absolute atomic E-state index is 0. The van der Waals surface area contributed by atoms with Crippen molar-refractivity contribution in [1.82, 2.24) is 19.9 Å². The van der Waals surface area contributed by atoms with Crippen LogP contribution in [-0.2, 0) is 7.05 Å². The van der Waals surface area contributed by atoms with Crippen molar-refractivity contribution in [3.63, 3.8) is 0 Å². The van der Waals surface area contributed by atoms with Gasteiger partial charge in [-0.2, -0.15) is 0 Å². The molecule has 1 amide bonds. The number of aromatic nitrogens is 3. The van der Waals surface area contributed by atoms with Gasteiger partial charge in [0, 0.05) is 26.1 Å². The van der Waals surface area contributed by atoms with Gasteiger partial charge in [0.2, 0.25) is 0 Å². The smallest absolute Gasteiger partial charge is 0.276 e. The molecular weight excluding hydrogens is 314 g/mol. The largest absolute Gasteiger partial charge is 0.336 e. The van der Waals surface area contributed by atoms with Crippen LogP contribution in [-0.4, -0.2) is 45.4 Å². The Morgan fingerprint density at radius 3 is 2.57 bits per heavy atom. The Morgan fingerprint density at radius 1 is 1.30 bits per heavy atom. The molecule has 1 fully saturated rings. The average Bonchev–Trinajstić information content (AvgIpc) is 3.12. The zero-order valence-corrected chi connectivity index (χ0v) is 14.2. The molecule has 1 saturated heterocycles. The molecule has 2 aromatic rings. The maximum Gasteiger partial charge on any atom is 0.276 e. The van der Waals surface area contributed by atoms with Crippen LogP contribution in [0.15, 0.2) is 30.3 Å². The molecule has 0 radical (unpaired) electrons. The maximum absolute atomic E-state index is 12.7. The lowest BCUT2D eigenvalue weighted by Gasteiger charge is -2.16. The second kappa shape index (κ2) is 7.10. The third-order valence-electron chi connectivity index (χ3n) is 4.57. The van der Waals surface area contributed by atoms with Gasteiger partial charge in [-0.15, -0.1) is 17.5 Å². The third kappa shape index (κ3) is 3.23. The number of halogens is 1. The second-order valence-corrected chi connectivity index (χ2v) is 5.87. The molecule has 2 N–H and O–H groups in total. The lowest BCUT2D eigenvalue weighted by atomic mass is 9.89. The van der Waals surface area contributed by atoms with E-state index in [1.54, 1.807) is 11.7 Å². The van der Waals surface area contributed by atoms with Crippen LogP contribution >= 0.6 is 12.4 Å². The molecule has 0 unspecified atom stereocenters. The number of nitrogens with zero attached hydrogens (tertiary/aromatic N) is 4. The van der Waals surface area contributed by atoms with Gasteiger partial charge in [0.15, 0.2) is 5.69 Å². The predicted octanol–water partition coefficient (Wildman–Crippen LogP) is 1.36. The van der Waals surface area contributed by atoms with E-state index in [0.29, 0.717) is 25.3 Å². The Bertz CT molecular complexity index is 672. The molecular formula is C16H22ClN5O. The summed E-state index contributed by atoms with van der Waals surface area (Å²) in [7, 11) is 1.79. The van der Waals surface area contributed by atoms with E-state index in [4.69, 9.17) is 5.73 Å². The van der Waals surface area contributed by atoms with Crippen LogP contribution in [0, 0.1) is 12.8 Å². The van der Waals surface area contributed by atoms with Crippen LogP contribution in [0.25, 0.3) is 0 Å². The lowest BCUT2D eigenvalue weighted by molar-refractivity contribution is 0.0779. The van der Waals surface area contributed by atoms with Gasteiger partial charge in [0.1, 0.15) is 0 Å². The summed E-state index contributed by atoms with van der Waals surface area (Å²) in [4.78, 5) is 14.5. The molecule has 23 heavy (non-hydrogen) atoms. The molecule has 3 rings (SSSR count). The summed E-state index contributed by atoms with van der Waals surface area (Å²) in [6.07, 6.45) is 0. The highest BCUT2D eigenvalue weighted by atomic mass is 35.5. The SMILES string of the molecule is Cc1c(C(=O)N2C[C@@H](CN)[C@H](c3ccccc3)C2)nnn1C.Cl. The van der Waals surface area contributed by atoms with Gasteiger partial charge in [-0.1, -0.05) is 35.5 Å². The van der Waals surface area contributed by atoms with Crippen LogP contribution in [0.2, 0.25) is 0 Å². The Labute approximate surface area is 142 Å². The minimum Gasteiger partial charge on any atom is -0.336 e. The molecule has 0 aliphatic carbocycles. The summed E-state index contributed by atoms with van der Waals surface area (Å²) in [5.74, 6) is 0.512. The highest BCUT2D eigenvalue weighted by Crippen LogP contribution is 2.32. The van der Waals surface area contributed by atoms with Gasteiger partial charge in [0.25, 0.3) is 5.91 Å². The fourth-order valence-corrected chi connectivity index (χ4v) is 3.11. The fraction of sp³-hybridized carbons (Fsp3) is 0.438. The highest BCUT2D eigenvalue weighted by Gasteiger charge is 2.36. The van der Waals surface area contributed by atoms with E-state index in [0.717, 1.165) is 5.69 Å². The molecule has 7 heteroatoms. The molecule has 1 aromatic carbocycles. The Kier molecular flexibility index (Phi) is 5.38. The first-order valence-corrected chi connectivity index (χ1v) is 7.52. The molecule has 6 nitrogen and oxygen atoms in total. The van der Waals surface area contributed by atoms with Gasteiger partial charge in [-0.25, -0.2) is 0 Å². The van der Waals surface area contributed by atoms with E-state index < -0.39 is 0 Å². The monoisotopic (exact) mass is 335 g/mol. The summed E-state index contributed by atoms with van der Waals surface area (Å²) >= 11 is 0. The molecule has 0 bridgehead atoms. The number of amides is 1. The predicted molar refractivity (Wildman–Crippen MR) is 90.6 cm³/mol. The fourth-order valence-electron chi connectivity index (χ4n) is 3.11. The maximum atomic E-state index is 12.7. The molecule has 124 valence electrons. The quantitative estimate of drug-likeness (QED) is 0.918. The zero-order valence-electron chi connectivity index (χ0n) is 13.3. The molecule has 0 saturated carbocycles. The number of benzene rings is 1. The number of carbonyl (C=O) groups is 1. The van der Waals surface area contributed by atoms with Crippen molar-refractivity contribution in [2.75, 3.05) is 19.6 Å². The van der Waals surface area contributed by atoms with Crippen molar-refractivity contribution in [2.45, 2.75) is 12.8 Å². The van der Waals surface area contributed by atoms with Crippen LogP contribution in [0.1, 0.15) is 27.7 Å². The first-order valence-electron chi connectivity index (χ1n) is 7.52. The van der Waals surface area contributed by atoms with E-state index in [9.17, 15) is 4.79 Å². The highest BCUT2D eigenvalue weighted by molar-refractivity contribution is 5.93. The molecule has 1 aromatic heterocycles. The van der Waals surface area contributed by atoms with Crippen LogP contribution < -0.4 is 5.73 Å². The Hall–Kier alpha value is -1.92. The number of hydrogen-bond donors (Lipinski definition) is 1. The van der Waals surface area contributed by atoms with Crippen LogP contribution in [0.4, 0.5) is 0 Å².